The van der Waals surface area contributed by atoms with Gasteiger partial charge < -0.3 is 5.32 Å². The monoisotopic (exact) mass is 408 g/mol. The van der Waals surface area contributed by atoms with Crippen molar-refractivity contribution in [1.82, 2.24) is 4.98 Å². The Bertz CT molecular complexity index is 1030. The molecule has 1 amide bonds. The minimum atomic E-state index is -3.50. The topological polar surface area (TPSA) is 76.1 Å². The van der Waals surface area contributed by atoms with Crippen LogP contribution < -0.4 is 5.32 Å². The van der Waals surface area contributed by atoms with E-state index in [2.05, 4.69) is 10.3 Å². The number of halogens is 1. The van der Waals surface area contributed by atoms with Gasteiger partial charge in [0.2, 0.25) is 5.91 Å². The van der Waals surface area contributed by atoms with Gasteiger partial charge in [-0.05, 0) is 37.6 Å². The lowest BCUT2D eigenvalue weighted by Gasteiger charge is -2.05. The van der Waals surface area contributed by atoms with Crippen LogP contribution in [0.3, 0.4) is 0 Å². The van der Waals surface area contributed by atoms with Gasteiger partial charge in [-0.3, -0.25) is 4.79 Å². The summed E-state index contributed by atoms with van der Waals surface area (Å²) in [4.78, 5) is 16.7. The number of hydrogen-bond donors (Lipinski definition) is 1. The molecule has 0 fully saturated rings. The fourth-order valence-electron chi connectivity index (χ4n) is 2.43. The Morgan fingerprint density at radius 3 is 2.50 bits per heavy atom. The number of amides is 1. The summed E-state index contributed by atoms with van der Waals surface area (Å²) in [5, 5.41) is 3.65. The molecule has 1 aromatic heterocycles. The van der Waals surface area contributed by atoms with Crippen LogP contribution in [0.5, 0.6) is 0 Å². The van der Waals surface area contributed by atoms with Crippen molar-refractivity contribution >= 4 is 54.0 Å². The predicted octanol–water partition coefficient (Wildman–Crippen LogP) is 4.37. The highest BCUT2D eigenvalue weighted by atomic mass is 35.5. The largest absolute Gasteiger partial charge is 0.302 e. The van der Waals surface area contributed by atoms with Gasteiger partial charge in [-0.15, -0.1) is 0 Å². The van der Waals surface area contributed by atoms with Crippen LogP contribution >= 0.6 is 22.9 Å². The van der Waals surface area contributed by atoms with Gasteiger partial charge in [0.05, 0.1) is 25.9 Å². The second kappa shape index (κ2) is 7.34. The van der Waals surface area contributed by atoms with Crippen molar-refractivity contribution < 1.29 is 13.2 Å². The number of nitrogens with one attached hydrogen (secondary N) is 1. The molecule has 1 heterocycles. The van der Waals surface area contributed by atoms with Gasteiger partial charge >= 0.3 is 0 Å². The van der Waals surface area contributed by atoms with E-state index in [9.17, 15) is 13.2 Å². The van der Waals surface area contributed by atoms with Crippen molar-refractivity contribution in [3.05, 3.63) is 52.5 Å². The Balaban J connectivity index is 1.68. The number of anilines is 1. The Hall–Kier alpha value is -1.96. The first-order valence-corrected chi connectivity index (χ1v) is 10.8. The van der Waals surface area contributed by atoms with Gasteiger partial charge in [0.15, 0.2) is 15.0 Å². The van der Waals surface area contributed by atoms with Gasteiger partial charge in [-0.2, -0.15) is 0 Å². The van der Waals surface area contributed by atoms with Crippen molar-refractivity contribution in [2.24, 2.45) is 0 Å². The van der Waals surface area contributed by atoms with Gasteiger partial charge in [-0.25, -0.2) is 13.4 Å². The summed E-state index contributed by atoms with van der Waals surface area (Å²) in [5.74, 6) is -0.652. The molecular weight excluding hydrogens is 392 g/mol. The number of fused-ring (bicyclic) bond motifs is 1. The molecule has 0 radical (unpaired) electrons. The van der Waals surface area contributed by atoms with Crippen molar-refractivity contribution in [3.8, 4) is 0 Å². The van der Waals surface area contributed by atoms with Crippen LogP contribution in [-0.4, -0.2) is 25.1 Å². The maximum absolute atomic E-state index is 12.3. The van der Waals surface area contributed by atoms with Crippen LogP contribution in [0.1, 0.15) is 17.5 Å². The fourth-order valence-corrected chi connectivity index (χ4v) is 4.90. The Kier molecular flexibility index (Phi) is 5.32. The first kappa shape index (κ1) is 18.8. The summed E-state index contributed by atoms with van der Waals surface area (Å²) in [7, 11) is -3.50. The third-order valence-corrected chi connectivity index (χ3v) is 7.08. The molecule has 0 aliphatic carbocycles. The molecule has 0 saturated carbocycles. The van der Waals surface area contributed by atoms with E-state index in [-0.39, 0.29) is 17.1 Å². The molecule has 0 bridgehead atoms. The number of nitrogens with zero attached hydrogens (tertiary/aromatic N) is 1. The standard InChI is InChI=1S/C18H17ClN2O3S2/c1-11-3-6-13(7-4-11)26(23,24)10-9-15(22)20-18-21-16-12(2)5-8-14(19)17(16)25-18/h3-8H,9-10H2,1-2H3,(H,20,21,22). The minimum absolute atomic E-state index is 0.140. The Labute approximate surface area is 160 Å². The molecule has 0 aliphatic rings. The lowest BCUT2D eigenvalue weighted by molar-refractivity contribution is -0.115. The van der Waals surface area contributed by atoms with E-state index >= 15 is 0 Å². The van der Waals surface area contributed by atoms with Crippen LogP contribution in [0.4, 0.5) is 5.13 Å². The van der Waals surface area contributed by atoms with Gasteiger partial charge in [0.25, 0.3) is 0 Å². The number of aromatic nitrogens is 1. The van der Waals surface area contributed by atoms with Crippen LogP contribution in [-0.2, 0) is 14.6 Å². The van der Waals surface area contributed by atoms with Crippen molar-refractivity contribution in [1.29, 1.82) is 0 Å². The van der Waals surface area contributed by atoms with E-state index in [1.807, 2.05) is 19.9 Å². The molecule has 0 atom stereocenters. The second-order valence-corrected chi connectivity index (χ2v) is 9.51. The number of aryl methyl sites for hydroxylation is 2. The zero-order valence-electron chi connectivity index (χ0n) is 14.2. The Morgan fingerprint density at radius 1 is 1.15 bits per heavy atom. The molecule has 0 unspecified atom stereocenters. The zero-order chi connectivity index (χ0) is 18.9. The van der Waals surface area contributed by atoms with Gasteiger partial charge in [-0.1, -0.05) is 46.7 Å². The van der Waals surface area contributed by atoms with E-state index < -0.39 is 15.7 Å². The molecule has 3 aromatic rings. The summed E-state index contributed by atoms with van der Waals surface area (Å²) >= 11 is 7.43. The number of carbonyl (C=O) groups excluding carboxylic acids is 1. The smallest absolute Gasteiger partial charge is 0.227 e. The number of benzene rings is 2. The van der Waals surface area contributed by atoms with Crippen LogP contribution in [0.15, 0.2) is 41.3 Å². The minimum Gasteiger partial charge on any atom is -0.302 e. The van der Waals surface area contributed by atoms with Crippen molar-refractivity contribution in [3.63, 3.8) is 0 Å². The van der Waals surface area contributed by atoms with E-state index in [1.165, 1.54) is 11.3 Å². The highest BCUT2D eigenvalue weighted by Gasteiger charge is 2.17. The molecule has 3 rings (SSSR count). The number of hydrogen-bond acceptors (Lipinski definition) is 5. The SMILES string of the molecule is Cc1ccc(S(=O)(=O)CCC(=O)Nc2nc3c(C)ccc(Cl)c3s2)cc1. The Morgan fingerprint density at radius 2 is 1.85 bits per heavy atom. The molecule has 1 N–H and O–H groups in total. The number of sulfone groups is 1. The third-order valence-electron chi connectivity index (χ3n) is 3.92. The summed E-state index contributed by atoms with van der Waals surface area (Å²) in [6.45, 7) is 3.80. The molecule has 0 spiro atoms. The molecule has 136 valence electrons. The molecule has 0 saturated heterocycles. The summed E-state index contributed by atoms with van der Waals surface area (Å²) in [6.07, 6.45) is -0.140. The molecule has 2 aromatic carbocycles. The van der Waals surface area contributed by atoms with E-state index in [1.54, 1.807) is 30.3 Å². The first-order valence-electron chi connectivity index (χ1n) is 7.91. The fraction of sp³-hybridized carbons (Fsp3) is 0.222. The average molecular weight is 409 g/mol. The maximum atomic E-state index is 12.3. The number of thiazole rings is 1. The molecule has 8 heteroatoms. The average Bonchev–Trinajstić information content (AvgIpc) is 3.02. The predicted molar refractivity (Wildman–Crippen MR) is 106 cm³/mol. The van der Waals surface area contributed by atoms with Gasteiger partial charge in [0.1, 0.15) is 0 Å². The van der Waals surface area contributed by atoms with Gasteiger partial charge in [0, 0.05) is 6.42 Å². The maximum Gasteiger partial charge on any atom is 0.227 e. The summed E-state index contributed by atoms with van der Waals surface area (Å²) < 4.78 is 25.4. The lowest BCUT2D eigenvalue weighted by atomic mass is 10.2. The summed E-state index contributed by atoms with van der Waals surface area (Å²) in [6, 6.07) is 10.2. The first-order chi connectivity index (χ1) is 12.3. The van der Waals surface area contributed by atoms with Crippen molar-refractivity contribution in [2.75, 3.05) is 11.1 Å². The van der Waals surface area contributed by atoms with Crippen molar-refractivity contribution in [2.45, 2.75) is 25.2 Å². The lowest BCUT2D eigenvalue weighted by Crippen LogP contribution is -2.17. The normalized spacial score (nSPS) is 11.7. The quantitative estimate of drug-likeness (QED) is 0.680. The van der Waals surface area contributed by atoms with Crippen LogP contribution in [0.2, 0.25) is 5.02 Å². The molecular formula is C18H17ClN2O3S2. The van der Waals surface area contributed by atoms with E-state index in [0.29, 0.717) is 10.2 Å². The number of carbonyl (C=O) groups is 1. The molecule has 5 nitrogen and oxygen atoms in total. The van der Waals surface area contributed by atoms with E-state index in [4.69, 9.17) is 11.6 Å². The zero-order valence-corrected chi connectivity index (χ0v) is 16.6. The molecule has 26 heavy (non-hydrogen) atoms. The third kappa shape index (κ3) is 4.06. The highest BCUT2D eigenvalue weighted by molar-refractivity contribution is 7.91. The van der Waals surface area contributed by atoms with E-state index in [0.717, 1.165) is 21.3 Å². The van der Waals surface area contributed by atoms with Crippen LogP contribution in [0.25, 0.3) is 10.2 Å². The highest BCUT2D eigenvalue weighted by Crippen LogP contribution is 2.33. The number of rotatable bonds is 5. The second-order valence-electron chi connectivity index (χ2n) is 5.99. The molecule has 0 aliphatic heterocycles. The summed E-state index contributed by atoms with van der Waals surface area (Å²) in [5.41, 5.74) is 2.68. The van der Waals surface area contributed by atoms with Crippen LogP contribution in [0, 0.1) is 13.8 Å².